The number of anilines is 1. The molecule has 20 heavy (non-hydrogen) atoms. The molecule has 1 N–H and O–H groups in total. The van der Waals surface area contributed by atoms with Crippen LogP contribution in [0.4, 0.5) is 16.0 Å². The molecule has 7 nitrogen and oxygen atoms in total. The van der Waals surface area contributed by atoms with Crippen LogP contribution in [0, 0.1) is 15.9 Å². The fourth-order valence-corrected chi connectivity index (χ4v) is 1.82. The Balaban J connectivity index is 2.42. The zero-order valence-electron chi connectivity index (χ0n) is 10.1. The number of benzene rings is 1. The molecule has 2 aromatic rings. The molecule has 0 saturated carbocycles. The highest BCUT2D eigenvalue weighted by molar-refractivity contribution is 9.10. The average molecular weight is 343 g/mol. The fourth-order valence-electron chi connectivity index (χ4n) is 1.38. The molecule has 0 aliphatic rings. The normalized spacial score (nSPS) is 10.2. The number of hydrogen-bond acceptors (Lipinski definition) is 6. The maximum atomic E-state index is 13.2. The maximum absolute atomic E-state index is 13.2. The van der Waals surface area contributed by atoms with Crippen molar-refractivity contribution < 1.29 is 14.1 Å². The van der Waals surface area contributed by atoms with Crippen LogP contribution in [-0.4, -0.2) is 21.9 Å². The molecule has 0 atom stereocenters. The summed E-state index contributed by atoms with van der Waals surface area (Å²) in [5.74, 6) is -0.575. The third kappa shape index (κ3) is 3.18. The van der Waals surface area contributed by atoms with Crippen LogP contribution in [0.25, 0.3) is 0 Å². The zero-order chi connectivity index (χ0) is 14.7. The SMILES string of the molecule is CNc1ncc([N+](=O)[O-])c(Oc2cc(F)cc(Br)c2)n1. The molecule has 0 aliphatic heterocycles. The summed E-state index contributed by atoms with van der Waals surface area (Å²) in [6, 6.07) is 3.80. The monoisotopic (exact) mass is 342 g/mol. The van der Waals surface area contributed by atoms with Crippen molar-refractivity contribution in [3.8, 4) is 11.6 Å². The lowest BCUT2D eigenvalue weighted by atomic mass is 10.3. The molecule has 9 heteroatoms. The van der Waals surface area contributed by atoms with E-state index >= 15 is 0 Å². The van der Waals surface area contributed by atoms with Gasteiger partial charge >= 0.3 is 11.6 Å². The molecule has 0 radical (unpaired) electrons. The van der Waals surface area contributed by atoms with E-state index in [4.69, 9.17) is 4.74 Å². The van der Waals surface area contributed by atoms with Crippen LogP contribution >= 0.6 is 15.9 Å². The summed E-state index contributed by atoms with van der Waals surface area (Å²) in [7, 11) is 1.56. The van der Waals surface area contributed by atoms with Crippen molar-refractivity contribution in [3.63, 3.8) is 0 Å². The number of nitrogens with zero attached hydrogens (tertiary/aromatic N) is 3. The van der Waals surface area contributed by atoms with E-state index in [9.17, 15) is 14.5 Å². The average Bonchev–Trinajstić information content (AvgIpc) is 2.37. The van der Waals surface area contributed by atoms with Crippen molar-refractivity contribution in [1.82, 2.24) is 9.97 Å². The summed E-state index contributed by atoms with van der Waals surface area (Å²) in [5, 5.41) is 13.5. The Morgan fingerprint density at radius 1 is 1.45 bits per heavy atom. The van der Waals surface area contributed by atoms with Crippen molar-refractivity contribution in [3.05, 3.63) is 44.8 Å². The van der Waals surface area contributed by atoms with Crippen LogP contribution in [0.5, 0.6) is 11.6 Å². The van der Waals surface area contributed by atoms with E-state index in [0.717, 1.165) is 12.3 Å². The molecule has 0 amide bonds. The zero-order valence-corrected chi connectivity index (χ0v) is 11.7. The third-order valence-corrected chi connectivity index (χ3v) is 2.66. The molecule has 0 aliphatic carbocycles. The minimum absolute atomic E-state index is 0.0840. The second-order valence-electron chi connectivity index (χ2n) is 3.60. The van der Waals surface area contributed by atoms with Crippen molar-refractivity contribution in [2.24, 2.45) is 0 Å². The van der Waals surface area contributed by atoms with Gasteiger partial charge in [-0.1, -0.05) is 15.9 Å². The highest BCUT2D eigenvalue weighted by atomic mass is 79.9. The molecular weight excluding hydrogens is 335 g/mol. The summed E-state index contributed by atoms with van der Waals surface area (Å²) in [5.41, 5.74) is -0.413. The lowest BCUT2D eigenvalue weighted by Gasteiger charge is -2.07. The molecule has 1 heterocycles. The van der Waals surface area contributed by atoms with Gasteiger partial charge in [-0.15, -0.1) is 0 Å². The Morgan fingerprint density at radius 3 is 2.80 bits per heavy atom. The molecule has 0 unspecified atom stereocenters. The van der Waals surface area contributed by atoms with E-state index in [1.165, 1.54) is 12.1 Å². The van der Waals surface area contributed by atoms with Gasteiger partial charge in [0.05, 0.1) is 4.92 Å². The maximum Gasteiger partial charge on any atom is 0.349 e. The minimum Gasteiger partial charge on any atom is -0.433 e. The molecule has 104 valence electrons. The van der Waals surface area contributed by atoms with E-state index in [0.29, 0.717) is 4.47 Å². The van der Waals surface area contributed by atoms with Gasteiger partial charge in [-0.2, -0.15) is 4.98 Å². The predicted octanol–water partition coefficient (Wildman–Crippen LogP) is 3.12. The van der Waals surface area contributed by atoms with Gasteiger partial charge < -0.3 is 10.1 Å². The Kier molecular flexibility index (Phi) is 4.08. The number of nitro groups is 1. The van der Waals surface area contributed by atoms with E-state index < -0.39 is 16.4 Å². The smallest absolute Gasteiger partial charge is 0.349 e. The molecule has 1 aromatic carbocycles. The van der Waals surface area contributed by atoms with E-state index in [2.05, 4.69) is 31.2 Å². The number of ether oxygens (including phenoxy) is 1. The molecular formula is C11H8BrFN4O3. The van der Waals surface area contributed by atoms with Crippen LogP contribution in [0.2, 0.25) is 0 Å². The van der Waals surface area contributed by atoms with Gasteiger partial charge in [0.15, 0.2) is 0 Å². The summed E-state index contributed by atoms with van der Waals surface area (Å²) in [6.07, 6.45) is 1.02. The van der Waals surface area contributed by atoms with E-state index in [1.807, 2.05) is 0 Å². The molecule has 0 saturated heterocycles. The second-order valence-corrected chi connectivity index (χ2v) is 4.51. The van der Waals surface area contributed by atoms with Gasteiger partial charge in [-0.05, 0) is 12.1 Å². The van der Waals surface area contributed by atoms with Crippen molar-refractivity contribution in [1.29, 1.82) is 0 Å². The van der Waals surface area contributed by atoms with Gasteiger partial charge in [0.2, 0.25) is 5.95 Å². The lowest BCUT2D eigenvalue weighted by Crippen LogP contribution is -2.02. The first-order chi connectivity index (χ1) is 9.49. The van der Waals surface area contributed by atoms with Crippen LogP contribution < -0.4 is 10.1 Å². The lowest BCUT2D eigenvalue weighted by molar-refractivity contribution is -0.386. The number of hydrogen-bond donors (Lipinski definition) is 1. The first-order valence-electron chi connectivity index (χ1n) is 5.32. The Morgan fingerprint density at radius 2 is 2.20 bits per heavy atom. The minimum atomic E-state index is -0.677. The van der Waals surface area contributed by atoms with Gasteiger partial charge in [-0.3, -0.25) is 10.1 Å². The Hall–Kier alpha value is -2.29. The van der Waals surface area contributed by atoms with Crippen LogP contribution in [0.15, 0.2) is 28.9 Å². The first kappa shape index (κ1) is 14.1. The highest BCUT2D eigenvalue weighted by Crippen LogP contribution is 2.31. The Bertz CT molecular complexity index is 648. The molecule has 2 rings (SSSR count). The predicted molar refractivity (Wildman–Crippen MR) is 72.4 cm³/mol. The van der Waals surface area contributed by atoms with Crippen LogP contribution in [0.1, 0.15) is 0 Å². The van der Waals surface area contributed by atoms with E-state index in [-0.39, 0.29) is 17.6 Å². The van der Waals surface area contributed by atoms with Crippen molar-refractivity contribution in [2.45, 2.75) is 0 Å². The molecule has 0 spiro atoms. The van der Waals surface area contributed by atoms with E-state index in [1.54, 1.807) is 7.05 Å². The van der Waals surface area contributed by atoms with Gasteiger partial charge in [-0.25, -0.2) is 9.37 Å². The van der Waals surface area contributed by atoms with Crippen molar-refractivity contribution >= 4 is 27.6 Å². The summed E-state index contributed by atoms with van der Waals surface area (Å²) < 4.78 is 19.0. The summed E-state index contributed by atoms with van der Waals surface area (Å²) >= 11 is 3.10. The molecule has 1 aromatic heterocycles. The first-order valence-corrected chi connectivity index (χ1v) is 6.12. The van der Waals surface area contributed by atoms with Gasteiger partial charge in [0, 0.05) is 17.6 Å². The summed E-state index contributed by atoms with van der Waals surface area (Å²) in [6.45, 7) is 0. The largest absolute Gasteiger partial charge is 0.433 e. The van der Waals surface area contributed by atoms with Crippen LogP contribution in [0.3, 0.4) is 0 Å². The van der Waals surface area contributed by atoms with Crippen molar-refractivity contribution in [2.75, 3.05) is 12.4 Å². The van der Waals surface area contributed by atoms with Gasteiger partial charge in [0.1, 0.15) is 17.8 Å². The fraction of sp³-hybridized carbons (Fsp3) is 0.0909. The van der Waals surface area contributed by atoms with Crippen LogP contribution in [-0.2, 0) is 0 Å². The molecule has 0 fully saturated rings. The highest BCUT2D eigenvalue weighted by Gasteiger charge is 2.19. The topological polar surface area (TPSA) is 90.2 Å². The third-order valence-electron chi connectivity index (χ3n) is 2.21. The van der Waals surface area contributed by atoms with Gasteiger partial charge in [0.25, 0.3) is 0 Å². The molecule has 0 bridgehead atoms. The standard InChI is InChI=1S/C11H8BrFN4O3/c1-14-11-15-5-9(17(18)19)10(16-11)20-8-3-6(12)2-7(13)4-8/h2-5H,1H3,(H,14,15,16). The quantitative estimate of drug-likeness (QED) is 0.678. The number of nitrogens with one attached hydrogen (secondary N) is 1. The number of halogens is 2. The number of rotatable bonds is 4. The Labute approximate surface area is 121 Å². The second kappa shape index (κ2) is 5.78. The summed E-state index contributed by atoms with van der Waals surface area (Å²) in [4.78, 5) is 17.8. The number of aromatic nitrogens is 2.